The summed E-state index contributed by atoms with van der Waals surface area (Å²) in [6, 6.07) is 7.78. The van der Waals surface area contributed by atoms with Crippen molar-refractivity contribution in [3.63, 3.8) is 0 Å². The number of hydrogen-bond donors (Lipinski definition) is 1. The summed E-state index contributed by atoms with van der Waals surface area (Å²) in [4.78, 5) is 17.2. The topological polar surface area (TPSA) is 42.0 Å². The molecule has 6 heteroatoms. The molecular weight excluding hydrogens is 324 g/mol. The molecule has 2 aromatic heterocycles. The van der Waals surface area contributed by atoms with E-state index >= 15 is 0 Å². The minimum atomic E-state index is -0.116. The minimum absolute atomic E-state index is 0.116. The molecule has 0 spiro atoms. The third-order valence-corrected chi connectivity index (χ3v) is 5.73. The van der Waals surface area contributed by atoms with Gasteiger partial charge in [-0.05, 0) is 13.0 Å². The smallest absolute Gasteiger partial charge is 0.262 e. The number of hydrogen-bond acceptors (Lipinski definition) is 4. The number of benzene rings is 1. The van der Waals surface area contributed by atoms with Crippen molar-refractivity contribution in [3.05, 3.63) is 50.2 Å². The van der Waals surface area contributed by atoms with Crippen molar-refractivity contribution in [3.8, 4) is 0 Å². The van der Waals surface area contributed by atoms with Gasteiger partial charge in [-0.1, -0.05) is 29.8 Å². The number of thiazole rings is 1. The summed E-state index contributed by atoms with van der Waals surface area (Å²) >= 11 is 9.33. The molecule has 3 rings (SSSR count). The maximum Gasteiger partial charge on any atom is 0.262 e. The molecule has 2 heterocycles. The SMILES string of the molecule is Cc1csc(CCNC(=O)c2sc3ccccc3c2Cl)n1. The first-order chi connectivity index (χ1) is 10.1. The van der Waals surface area contributed by atoms with Gasteiger partial charge in [0.05, 0.1) is 10.0 Å². The first-order valence-corrected chi connectivity index (χ1v) is 8.59. The molecule has 0 saturated carbocycles. The molecule has 0 unspecified atom stereocenters. The van der Waals surface area contributed by atoms with Crippen molar-refractivity contribution in [2.24, 2.45) is 0 Å². The van der Waals surface area contributed by atoms with Crippen LogP contribution in [-0.2, 0) is 6.42 Å². The van der Waals surface area contributed by atoms with Crippen LogP contribution in [0.3, 0.4) is 0 Å². The monoisotopic (exact) mass is 336 g/mol. The second-order valence-electron chi connectivity index (χ2n) is 4.63. The average Bonchev–Trinajstić information content (AvgIpc) is 3.03. The summed E-state index contributed by atoms with van der Waals surface area (Å²) in [6.07, 6.45) is 0.743. The van der Waals surface area contributed by atoms with E-state index in [-0.39, 0.29) is 5.91 Å². The highest BCUT2D eigenvalue weighted by atomic mass is 35.5. The fourth-order valence-corrected chi connectivity index (χ4v) is 4.25. The lowest BCUT2D eigenvalue weighted by Gasteiger charge is -2.02. The van der Waals surface area contributed by atoms with Gasteiger partial charge in [0.25, 0.3) is 5.91 Å². The Morgan fingerprint density at radius 1 is 1.38 bits per heavy atom. The van der Waals surface area contributed by atoms with E-state index in [1.807, 2.05) is 36.6 Å². The Hall–Kier alpha value is -1.43. The molecule has 0 bridgehead atoms. The number of aromatic nitrogens is 1. The molecule has 1 aromatic carbocycles. The number of amides is 1. The van der Waals surface area contributed by atoms with Crippen LogP contribution in [0.2, 0.25) is 5.02 Å². The highest BCUT2D eigenvalue weighted by molar-refractivity contribution is 7.21. The van der Waals surface area contributed by atoms with Gasteiger partial charge in [0.2, 0.25) is 0 Å². The zero-order valence-corrected chi connectivity index (χ0v) is 13.7. The van der Waals surface area contributed by atoms with E-state index in [1.54, 1.807) is 11.3 Å². The van der Waals surface area contributed by atoms with Crippen LogP contribution < -0.4 is 5.32 Å². The lowest BCUT2D eigenvalue weighted by Crippen LogP contribution is -2.25. The number of aryl methyl sites for hydroxylation is 1. The first kappa shape index (κ1) is 14.5. The molecule has 1 N–H and O–H groups in total. The normalized spacial score (nSPS) is 11.0. The standard InChI is InChI=1S/C15H13ClN2OS2/c1-9-8-20-12(18-9)6-7-17-15(19)14-13(16)10-4-2-3-5-11(10)21-14/h2-5,8H,6-7H2,1H3,(H,17,19). The predicted molar refractivity (Wildman–Crippen MR) is 89.7 cm³/mol. The number of carbonyl (C=O) groups is 1. The Morgan fingerprint density at radius 2 is 2.19 bits per heavy atom. The molecule has 21 heavy (non-hydrogen) atoms. The van der Waals surface area contributed by atoms with Gasteiger partial charge in [0, 0.05) is 34.1 Å². The molecule has 3 nitrogen and oxygen atoms in total. The van der Waals surface area contributed by atoms with Crippen molar-refractivity contribution in [2.75, 3.05) is 6.54 Å². The minimum Gasteiger partial charge on any atom is -0.351 e. The molecular formula is C15H13ClN2OS2. The van der Waals surface area contributed by atoms with Gasteiger partial charge in [0.15, 0.2) is 0 Å². The van der Waals surface area contributed by atoms with Crippen LogP contribution >= 0.6 is 34.3 Å². The summed E-state index contributed by atoms with van der Waals surface area (Å²) in [6.45, 7) is 2.53. The summed E-state index contributed by atoms with van der Waals surface area (Å²) in [5.41, 5.74) is 1.02. The Kier molecular flexibility index (Phi) is 4.24. The molecule has 3 aromatic rings. The van der Waals surface area contributed by atoms with Gasteiger partial charge in [-0.15, -0.1) is 22.7 Å². The largest absolute Gasteiger partial charge is 0.351 e. The number of nitrogens with one attached hydrogen (secondary N) is 1. The molecule has 108 valence electrons. The van der Waals surface area contributed by atoms with Crippen LogP contribution in [0.1, 0.15) is 20.4 Å². The lowest BCUT2D eigenvalue weighted by atomic mass is 10.2. The third kappa shape index (κ3) is 3.10. The summed E-state index contributed by atoms with van der Waals surface area (Å²) in [7, 11) is 0. The zero-order chi connectivity index (χ0) is 14.8. The van der Waals surface area contributed by atoms with E-state index in [0.717, 1.165) is 27.2 Å². The predicted octanol–water partition coefficient (Wildman–Crippen LogP) is 4.29. The van der Waals surface area contributed by atoms with E-state index in [1.165, 1.54) is 11.3 Å². The van der Waals surface area contributed by atoms with Gasteiger partial charge >= 0.3 is 0 Å². The molecule has 0 fully saturated rings. The summed E-state index contributed by atoms with van der Waals surface area (Å²) < 4.78 is 1.03. The lowest BCUT2D eigenvalue weighted by molar-refractivity contribution is 0.0958. The first-order valence-electron chi connectivity index (χ1n) is 6.51. The Balaban J connectivity index is 1.68. The van der Waals surface area contributed by atoms with Crippen LogP contribution in [0.15, 0.2) is 29.6 Å². The fourth-order valence-electron chi connectivity index (χ4n) is 2.04. The van der Waals surface area contributed by atoms with Gasteiger partial charge in [0.1, 0.15) is 4.88 Å². The van der Waals surface area contributed by atoms with Gasteiger partial charge in [-0.3, -0.25) is 4.79 Å². The maximum absolute atomic E-state index is 12.2. The number of fused-ring (bicyclic) bond motifs is 1. The molecule has 0 aliphatic heterocycles. The average molecular weight is 337 g/mol. The van der Waals surface area contributed by atoms with Crippen molar-refractivity contribution < 1.29 is 4.79 Å². The Labute approximate surface area is 135 Å². The molecule has 0 saturated heterocycles. The molecule has 0 atom stereocenters. The fraction of sp³-hybridized carbons (Fsp3) is 0.200. The van der Waals surface area contributed by atoms with E-state index in [2.05, 4.69) is 10.3 Å². The highest BCUT2D eigenvalue weighted by Gasteiger charge is 2.16. The quantitative estimate of drug-likeness (QED) is 0.772. The number of halogens is 1. The third-order valence-electron chi connectivity index (χ3n) is 3.03. The highest BCUT2D eigenvalue weighted by Crippen LogP contribution is 2.34. The van der Waals surface area contributed by atoms with Crippen LogP contribution in [0, 0.1) is 6.92 Å². The second-order valence-corrected chi connectivity index (χ2v) is 7.00. The van der Waals surface area contributed by atoms with Gasteiger partial charge < -0.3 is 5.32 Å². The van der Waals surface area contributed by atoms with Crippen molar-refractivity contribution >= 4 is 50.3 Å². The molecule has 0 aliphatic rings. The van der Waals surface area contributed by atoms with Crippen molar-refractivity contribution in [1.29, 1.82) is 0 Å². The summed E-state index contributed by atoms with van der Waals surface area (Å²) in [5, 5.41) is 7.44. The van der Waals surface area contributed by atoms with E-state index < -0.39 is 0 Å². The van der Waals surface area contributed by atoms with E-state index in [9.17, 15) is 4.79 Å². The molecule has 0 aliphatic carbocycles. The zero-order valence-electron chi connectivity index (χ0n) is 11.4. The number of rotatable bonds is 4. The number of nitrogens with zero attached hydrogens (tertiary/aromatic N) is 1. The van der Waals surface area contributed by atoms with Crippen LogP contribution in [-0.4, -0.2) is 17.4 Å². The van der Waals surface area contributed by atoms with Crippen LogP contribution in [0.25, 0.3) is 10.1 Å². The van der Waals surface area contributed by atoms with Crippen LogP contribution in [0.4, 0.5) is 0 Å². The Bertz CT molecular complexity index is 794. The van der Waals surface area contributed by atoms with E-state index in [4.69, 9.17) is 11.6 Å². The molecule has 1 amide bonds. The van der Waals surface area contributed by atoms with Gasteiger partial charge in [-0.2, -0.15) is 0 Å². The van der Waals surface area contributed by atoms with Crippen molar-refractivity contribution in [1.82, 2.24) is 10.3 Å². The van der Waals surface area contributed by atoms with Crippen molar-refractivity contribution in [2.45, 2.75) is 13.3 Å². The Morgan fingerprint density at radius 3 is 2.90 bits per heavy atom. The second kappa shape index (κ2) is 6.13. The number of thiophene rings is 1. The molecule has 0 radical (unpaired) electrons. The summed E-state index contributed by atoms with van der Waals surface area (Å²) in [5.74, 6) is -0.116. The van der Waals surface area contributed by atoms with E-state index in [0.29, 0.717) is 16.4 Å². The van der Waals surface area contributed by atoms with Gasteiger partial charge in [-0.25, -0.2) is 4.98 Å². The number of carbonyl (C=O) groups excluding carboxylic acids is 1. The maximum atomic E-state index is 12.2. The van der Waals surface area contributed by atoms with Crippen LogP contribution in [0.5, 0.6) is 0 Å².